The van der Waals surface area contributed by atoms with Crippen molar-refractivity contribution in [1.82, 2.24) is 30.5 Å². The van der Waals surface area contributed by atoms with Crippen LogP contribution in [0.5, 0.6) is 0 Å². The first-order chi connectivity index (χ1) is 7.33. The summed E-state index contributed by atoms with van der Waals surface area (Å²) in [4.78, 5) is 20.8. The largest absolute Gasteiger partial charge is 0.347 e. The van der Waals surface area contributed by atoms with Crippen molar-refractivity contribution in [2.24, 2.45) is 0 Å². The number of hydrogen-bond donors (Lipinski definition) is 4. The van der Waals surface area contributed by atoms with Crippen LogP contribution in [0.1, 0.15) is 23.3 Å². The zero-order valence-corrected chi connectivity index (χ0v) is 7.87. The van der Waals surface area contributed by atoms with E-state index in [-0.39, 0.29) is 11.7 Å². The Morgan fingerprint density at radius 3 is 3.20 bits per heavy atom. The number of nitrogens with zero attached hydrogens (tertiary/aromatic N) is 2. The summed E-state index contributed by atoms with van der Waals surface area (Å²) in [5.74, 6) is 0.633. The smallest absolute Gasteiger partial charge is 0.340 e. The van der Waals surface area contributed by atoms with Crippen molar-refractivity contribution in [3.05, 3.63) is 34.0 Å². The average Bonchev–Trinajstić information content (AvgIpc) is 2.84. The highest BCUT2D eigenvalue weighted by Gasteiger charge is 2.23. The molecule has 0 fully saturated rings. The molecule has 2 aromatic heterocycles. The third kappa shape index (κ3) is 1.37. The van der Waals surface area contributed by atoms with E-state index in [2.05, 4.69) is 30.5 Å². The molecule has 0 saturated carbocycles. The molecule has 0 saturated heterocycles. The molecule has 78 valence electrons. The maximum Gasteiger partial charge on any atom is 0.340 e. The van der Waals surface area contributed by atoms with Crippen LogP contribution in [0.2, 0.25) is 0 Å². The van der Waals surface area contributed by atoms with Crippen LogP contribution in [-0.4, -0.2) is 25.1 Å². The molecule has 0 spiro atoms. The van der Waals surface area contributed by atoms with Crippen LogP contribution in [0.3, 0.4) is 0 Å². The van der Waals surface area contributed by atoms with Gasteiger partial charge in [-0.3, -0.25) is 4.98 Å². The van der Waals surface area contributed by atoms with Gasteiger partial charge in [0.2, 0.25) is 0 Å². The van der Waals surface area contributed by atoms with Gasteiger partial charge in [-0.1, -0.05) is 0 Å². The molecule has 3 rings (SSSR count). The van der Waals surface area contributed by atoms with Crippen molar-refractivity contribution in [1.29, 1.82) is 0 Å². The van der Waals surface area contributed by atoms with Crippen LogP contribution in [0.25, 0.3) is 0 Å². The standard InChI is InChI=1S/C8H10N6O/c15-8-12-7(13-14-8)5-1-4-6(2-9-5)11-3-10-4/h3,5,9H,1-2H2,(H,10,11)(H2,12,13,14,15). The van der Waals surface area contributed by atoms with Gasteiger partial charge in [0, 0.05) is 13.0 Å². The summed E-state index contributed by atoms with van der Waals surface area (Å²) in [5, 5.41) is 9.52. The second-order valence-corrected chi connectivity index (χ2v) is 3.53. The Labute approximate surface area is 84.3 Å². The molecule has 1 aliphatic rings. The minimum atomic E-state index is -0.278. The molecule has 7 heteroatoms. The number of H-pyrrole nitrogens is 3. The number of aromatic amines is 3. The first-order valence-electron chi connectivity index (χ1n) is 4.72. The Kier molecular flexibility index (Phi) is 1.72. The van der Waals surface area contributed by atoms with Crippen molar-refractivity contribution in [2.75, 3.05) is 0 Å². The maximum absolute atomic E-state index is 10.9. The van der Waals surface area contributed by atoms with Crippen LogP contribution >= 0.6 is 0 Å². The summed E-state index contributed by atoms with van der Waals surface area (Å²) in [6, 6.07) is 0.0275. The highest BCUT2D eigenvalue weighted by atomic mass is 16.1. The number of hydrogen-bond acceptors (Lipinski definition) is 4. The summed E-state index contributed by atoms with van der Waals surface area (Å²) in [7, 11) is 0. The van der Waals surface area contributed by atoms with E-state index in [1.807, 2.05) is 0 Å². The van der Waals surface area contributed by atoms with Gasteiger partial charge in [-0.15, -0.1) is 0 Å². The van der Waals surface area contributed by atoms with Gasteiger partial charge >= 0.3 is 5.69 Å². The lowest BCUT2D eigenvalue weighted by Crippen LogP contribution is -2.29. The highest BCUT2D eigenvalue weighted by Crippen LogP contribution is 2.20. The number of rotatable bonds is 1. The molecule has 1 atom stereocenters. The van der Waals surface area contributed by atoms with Crippen LogP contribution in [0.15, 0.2) is 11.1 Å². The second kappa shape index (κ2) is 3.06. The van der Waals surface area contributed by atoms with Crippen LogP contribution < -0.4 is 11.0 Å². The number of aromatic nitrogens is 5. The molecule has 15 heavy (non-hydrogen) atoms. The Hall–Kier alpha value is -1.89. The Morgan fingerprint density at radius 2 is 2.40 bits per heavy atom. The number of imidazole rings is 1. The molecule has 7 nitrogen and oxygen atoms in total. The fourth-order valence-electron chi connectivity index (χ4n) is 1.81. The summed E-state index contributed by atoms with van der Waals surface area (Å²) in [6.45, 7) is 0.717. The topological polar surface area (TPSA) is 102 Å². The minimum absolute atomic E-state index is 0.0275. The molecule has 0 aromatic carbocycles. The molecular formula is C8H10N6O. The van der Waals surface area contributed by atoms with Crippen molar-refractivity contribution in [3.8, 4) is 0 Å². The molecule has 3 heterocycles. The van der Waals surface area contributed by atoms with Crippen molar-refractivity contribution >= 4 is 0 Å². The molecule has 4 N–H and O–H groups in total. The van der Waals surface area contributed by atoms with Crippen molar-refractivity contribution in [2.45, 2.75) is 19.0 Å². The third-order valence-electron chi connectivity index (χ3n) is 2.58. The first kappa shape index (κ1) is 8.42. The monoisotopic (exact) mass is 206 g/mol. The molecular weight excluding hydrogens is 196 g/mol. The van der Waals surface area contributed by atoms with E-state index < -0.39 is 0 Å². The SMILES string of the molecule is O=c1[nH]nc(C2Cc3nc[nH]c3CN2)[nH]1. The summed E-state index contributed by atoms with van der Waals surface area (Å²) >= 11 is 0. The van der Waals surface area contributed by atoms with Gasteiger partial charge in [0.1, 0.15) is 5.82 Å². The lowest BCUT2D eigenvalue weighted by molar-refractivity contribution is 0.469. The quantitative estimate of drug-likeness (QED) is 0.491. The summed E-state index contributed by atoms with van der Waals surface area (Å²) in [6.07, 6.45) is 2.42. The molecule has 0 radical (unpaired) electrons. The van der Waals surface area contributed by atoms with Gasteiger partial charge in [0.05, 0.1) is 23.8 Å². The Morgan fingerprint density at radius 1 is 1.47 bits per heavy atom. The van der Waals surface area contributed by atoms with Crippen LogP contribution in [0.4, 0.5) is 0 Å². The zero-order chi connectivity index (χ0) is 10.3. The molecule has 2 aromatic rings. The van der Waals surface area contributed by atoms with Gasteiger partial charge < -0.3 is 10.3 Å². The summed E-state index contributed by atoms with van der Waals surface area (Å²) < 4.78 is 0. The lowest BCUT2D eigenvalue weighted by Gasteiger charge is -2.20. The lowest BCUT2D eigenvalue weighted by atomic mass is 10.1. The van der Waals surface area contributed by atoms with E-state index in [1.165, 1.54) is 0 Å². The normalized spacial score (nSPS) is 20.1. The van der Waals surface area contributed by atoms with E-state index in [9.17, 15) is 4.79 Å². The molecule has 1 unspecified atom stereocenters. The molecule has 0 aliphatic carbocycles. The highest BCUT2D eigenvalue weighted by molar-refractivity contribution is 5.17. The van der Waals surface area contributed by atoms with Gasteiger partial charge in [0.15, 0.2) is 0 Å². The second-order valence-electron chi connectivity index (χ2n) is 3.53. The van der Waals surface area contributed by atoms with Gasteiger partial charge in [-0.05, 0) is 0 Å². The van der Waals surface area contributed by atoms with Crippen molar-refractivity contribution < 1.29 is 0 Å². The predicted molar refractivity (Wildman–Crippen MR) is 51.1 cm³/mol. The van der Waals surface area contributed by atoms with Crippen LogP contribution in [0, 0.1) is 0 Å². The molecule has 1 aliphatic heterocycles. The van der Waals surface area contributed by atoms with E-state index in [0.717, 1.165) is 24.4 Å². The Bertz CT molecular complexity index is 523. The van der Waals surface area contributed by atoms with E-state index in [1.54, 1.807) is 6.33 Å². The fraction of sp³-hybridized carbons (Fsp3) is 0.375. The molecule has 0 bridgehead atoms. The van der Waals surface area contributed by atoms with E-state index in [0.29, 0.717) is 5.82 Å². The zero-order valence-electron chi connectivity index (χ0n) is 7.87. The average molecular weight is 206 g/mol. The maximum atomic E-state index is 10.9. The van der Waals surface area contributed by atoms with Crippen LogP contribution in [-0.2, 0) is 13.0 Å². The third-order valence-corrected chi connectivity index (χ3v) is 2.58. The fourth-order valence-corrected chi connectivity index (χ4v) is 1.81. The van der Waals surface area contributed by atoms with Gasteiger partial charge in [-0.2, -0.15) is 5.10 Å². The predicted octanol–water partition coefficient (Wildman–Crippen LogP) is -0.792. The van der Waals surface area contributed by atoms with Crippen molar-refractivity contribution in [3.63, 3.8) is 0 Å². The van der Waals surface area contributed by atoms with Gasteiger partial charge in [-0.25, -0.2) is 14.9 Å². The summed E-state index contributed by atoms with van der Waals surface area (Å²) in [5.41, 5.74) is 1.85. The van der Waals surface area contributed by atoms with Gasteiger partial charge in [0.25, 0.3) is 0 Å². The van der Waals surface area contributed by atoms with E-state index in [4.69, 9.17) is 0 Å². The minimum Gasteiger partial charge on any atom is -0.347 e. The number of nitrogens with one attached hydrogen (secondary N) is 4. The Balaban J connectivity index is 1.90. The van der Waals surface area contributed by atoms with E-state index >= 15 is 0 Å². The molecule has 0 amide bonds. The number of fused-ring (bicyclic) bond motifs is 1. The first-order valence-corrected chi connectivity index (χ1v) is 4.72.